The van der Waals surface area contributed by atoms with Gasteiger partial charge in [-0.2, -0.15) is 0 Å². The van der Waals surface area contributed by atoms with Crippen LogP contribution in [0.2, 0.25) is 0 Å². The molecule has 1 aliphatic heterocycles. The Morgan fingerprint density at radius 3 is 2.79 bits per heavy atom. The van der Waals surface area contributed by atoms with Gasteiger partial charge in [0.05, 0.1) is 10.6 Å². The normalized spacial score (nSPS) is 23.9. The van der Waals surface area contributed by atoms with Crippen LogP contribution in [0.15, 0.2) is 35.2 Å². The molecule has 1 aromatic rings. The van der Waals surface area contributed by atoms with Crippen LogP contribution < -0.4 is 0 Å². The minimum absolute atomic E-state index is 0.0973. The fourth-order valence-corrected chi connectivity index (χ4v) is 4.15. The molecule has 0 saturated heterocycles. The summed E-state index contributed by atoms with van der Waals surface area (Å²) in [7, 11) is -3.14. The first-order valence-electron chi connectivity index (χ1n) is 4.24. The molecule has 1 atom stereocenters. The topological polar surface area (TPSA) is 34.1 Å². The highest BCUT2D eigenvalue weighted by atomic mass is 79.9. The van der Waals surface area contributed by atoms with E-state index in [0.29, 0.717) is 4.90 Å². The van der Waals surface area contributed by atoms with Gasteiger partial charge in [0.1, 0.15) is 0 Å². The van der Waals surface area contributed by atoms with E-state index in [9.17, 15) is 8.42 Å². The third-order valence-electron chi connectivity index (χ3n) is 2.12. The number of fused-ring (bicyclic) bond motifs is 1. The lowest BCUT2D eigenvalue weighted by Gasteiger charge is -2.05. The summed E-state index contributed by atoms with van der Waals surface area (Å²) < 4.78 is 23.7. The monoisotopic (exact) mass is 272 g/mol. The molecule has 0 spiro atoms. The van der Waals surface area contributed by atoms with Crippen molar-refractivity contribution in [3.8, 4) is 0 Å². The molecular weight excluding hydrogens is 264 g/mol. The standard InChI is InChI=1S/C10H9BrO2S/c11-9-6-5-8-3-1-2-4-10(8)14(12,13)7-9/h1-6,9H,7H2. The van der Waals surface area contributed by atoms with Crippen molar-refractivity contribution >= 4 is 31.8 Å². The average Bonchev–Trinajstić information content (AvgIpc) is 2.24. The Labute approximate surface area is 91.7 Å². The molecule has 1 unspecified atom stereocenters. The molecule has 0 radical (unpaired) electrons. The van der Waals surface area contributed by atoms with Crippen LogP contribution in [0.5, 0.6) is 0 Å². The van der Waals surface area contributed by atoms with Crippen LogP contribution in [0.3, 0.4) is 0 Å². The lowest BCUT2D eigenvalue weighted by molar-refractivity contribution is 0.596. The van der Waals surface area contributed by atoms with Gasteiger partial charge < -0.3 is 0 Å². The van der Waals surface area contributed by atoms with Crippen molar-refractivity contribution in [2.75, 3.05) is 5.75 Å². The molecule has 2 rings (SSSR count). The minimum atomic E-state index is -3.14. The summed E-state index contributed by atoms with van der Waals surface area (Å²) in [5.41, 5.74) is 0.773. The molecule has 4 heteroatoms. The highest BCUT2D eigenvalue weighted by Gasteiger charge is 2.22. The average molecular weight is 273 g/mol. The molecule has 0 aliphatic carbocycles. The first-order valence-corrected chi connectivity index (χ1v) is 6.80. The second kappa shape index (κ2) is 3.51. The van der Waals surface area contributed by atoms with Gasteiger partial charge in [-0.1, -0.05) is 46.3 Å². The Bertz CT molecular complexity index is 477. The molecular formula is C10H9BrO2S. The summed E-state index contributed by atoms with van der Waals surface area (Å²) >= 11 is 3.31. The van der Waals surface area contributed by atoms with E-state index in [-0.39, 0.29) is 10.6 Å². The second-order valence-corrected chi connectivity index (χ2v) is 6.37. The third-order valence-corrected chi connectivity index (χ3v) is 5.01. The van der Waals surface area contributed by atoms with Gasteiger partial charge in [0.15, 0.2) is 9.84 Å². The summed E-state index contributed by atoms with van der Waals surface area (Å²) in [4.78, 5) is 0.332. The second-order valence-electron chi connectivity index (χ2n) is 3.19. The first-order chi connectivity index (χ1) is 6.59. The van der Waals surface area contributed by atoms with Gasteiger partial charge in [-0.05, 0) is 11.6 Å². The lowest BCUT2D eigenvalue weighted by atomic mass is 10.2. The summed E-state index contributed by atoms with van der Waals surface area (Å²) in [5, 5.41) is 0. The molecule has 74 valence electrons. The molecule has 0 fully saturated rings. The number of halogens is 1. The first kappa shape index (κ1) is 9.93. The maximum absolute atomic E-state index is 11.8. The number of hydrogen-bond acceptors (Lipinski definition) is 2. The van der Waals surface area contributed by atoms with Crippen molar-refractivity contribution in [2.45, 2.75) is 9.72 Å². The molecule has 1 aromatic carbocycles. The van der Waals surface area contributed by atoms with Crippen molar-refractivity contribution in [3.63, 3.8) is 0 Å². The Kier molecular flexibility index (Phi) is 2.49. The maximum Gasteiger partial charge on any atom is 0.180 e. The maximum atomic E-state index is 11.8. The van der Waals surface area contributed by atoms with Gasteiger partial charge >= 0.3 is 0 Å². The van der Waals surface area contributed by atoms with E-state index >= 15 is 0 Å². The van der Waals surface area contributed by atoms with Crippen LogP contribution in [-0.2, 0) is 9.84 Å². The van der Waals surface area contributed by atoms with E-state index in [1.54, 1.807) is 12.1 Å². The van der Waals surface area contributed by atoms with Crippen molar-refractivity contribution in [1.29, 1.82) is 0 Å². The van der Waals surface area contributed by atoms with E-state index in [1.807, 2.05) is 24.3 Å². The molecule has 1 heterocycles. The fraction of sp³-hybridized carbons (Fsp3) is 0.200. The highest BCUT2D eigenvalue weighted by molar-refractivity contribution is 9.09. The smallest absolute Gasteiger partial charge is 0.180 e. The number of hydrogen-bond donors (Lipinski definition) is 0. The lowest BCUT2D eigenvalue weighted by Crippen LogP contribution is -2.13. The molecule has 0 bridgehead atoms. The van der Waals surface area contributed by atoms with Crippen LogP contribution in [0.25, 0.3) is 6.08 Å². The van der Waals surface area contributed by atoms with Crippen molar-refractivity contribution < 1.29 is 8.42 Å². The Morgan fingerprint density at radius 2 is 2.00 bits per heavy atom. The van der Waals surface area contributed by atoms with Crippen LogP contribution in [0.4, 0.5) is 0 Å². The van der Waals surface area contributed by atoms with Gasteiger partial charge in [0.2, 0.25) is 0 Å². The number of allylic oxidation sites excluding steroid dienone is 1. The summed E-state index contributed by atoms with van der Waals surface area (Å²) in [6.07, 6.45) is 3.71. The molecule has 0 N–H and O–H groups in total. The molecule has 0 saturated carbocycles. The Balaban J connectivity index is 2.66. The van der Waals surface area contributed by atoms with Crippen LogP contribution in [-0.4, -0.2) is 19.0 Å². The van der Waals surface area contributed by atoms with Gasteiger partial charge in [-0.15, -0.1) is 0 Å². The highest BCUT2D eigenvalue weighted by Crippen LogP contribution is 2.24. The Morgan fingerprint density at radius 1 is 1.29 bits per heavy atom. The van der Waals surface area contributed by atoms with Crippen LogP contribution >= 0.6 is 15.9 Å². The van der Waals surface area contributed by atoms with Crippen molar-refractivity contribution in [1.82, 2.24) is 0 Å². The van der Waals surface area contributed by atoms with E-state index in [0.717, 1.165) is 5.56 Å². The SMILES string of the molecule is O=S1(=O)CC(Br)C=Cc2ccccc21. The van der Waals surface area contributed by atoms with Crippen molar-refractivity contribution in [3.05, 3.63) is 35.9 Å². The molecule has 0 aromatic heterocycles. The van der Waals surface area contributed by atoms with Crippen molar-refractivity contribution in [2.24, 2.45) is 0 Å². The predicted molar refractivity (Wildman–Crippen MR) is 60.2 cm³/mol. The Hall–Kier alpha value is -0.610. The predicted octanol–water partition coefficient (Wildman–Crippen LogP) is 2.25. The molecule has 2 nitrogen and oxygen atoms in total. The third kappa shape index (κ3) is 1.77. The quantitative estimate of drug-likeness (QED) is 0.679. The van der Waals surface area contributed by atoms with E-state index in [2.05, 4.69) is 15.9 Å². The van der Waals surface area contributed by atoms with Gasteiger partial charge in [0.25, 0.3) is 0 Å². The number of rotatable bonds is 0. The van der Waals surface area contributed by atoms with Crippen LogP contribution in [0, 0.1) is 0 Å². The zero-order valence-corrected chi connectivity index (χ0v) is 9.75. The summed E-state index contributed by atoms with van der Waals surface area (Å²) in [6, 6.07) is 7.06. The molecule has 0 amide bonds. The zero-order valence-electron chi connectivity index (χ0n) is 7.35. The number of alkyl halides is 1. The largest absolute Gasteiger partial charge is 0.224 e. The van der Waals surface area contributed by atoms with E-state index in [4.69, 9.17) is 0 Å². The summed E-state index contributed by atoms with van der Waals surface area (Å²) in [6.45, 7) is 0. The minimum Gasteiger partial charge on any atom is -0.224 e. The zero-order chi connectivity index (χ0) is 10.2. The molecule has 14 heavy (non-hydrogen) atoms. The summed E-state index contributed by atoms with van der Waals surface area (Å²) in [5.74, 6) is 0.126. The van der Waals surface area contributed by atoms with E-state index < -0.39 is 9.84 Å². The van der Waals surface area contributed by atoms with Crippen LogP contribution in [0.1, 0.15) is 5.56 Å². The van der Waals surface area contributed by atoms with Gasteiger partial charge in [0, 0.05) is 4.83 Å². The number of sulfone groups is 1. The molecule has 1 aliphatic rings. The van der Waals surface area contributed by atoms with Gasteiger partial charge in [-0.25, -0.2) is 8.42 Å². The number of benzene rings is 1. The van der Waals surface area contributed by atoms with Gasteiger partial charge in [-0.3, -0.25) is 0 Å². The fourth-order valence-electron chi connectivity index (χ4n) is 1.46. The van der Waals surface area contributed by atoms with E-state index in [1.165, 1.54) is 0 Å².